The summed E-state index contributed by atoms with van der Waals surface area (Å²) >= 11 is 5.55. The molecule has 0 aliphatic carbocycles. The summed E-state index contributed by atoms with van der Waals surface area (Å²) in [5.41, 5.74) is -0.446. The third-order valence-electron chi connectivity index (χ3n) is 2.83. The molecule has 1 aromatic rings. The Hall–Kier alpha value is -1.36. The van der Waals surface area contributed by atoms with Crippen LogP contribution in [-0.4, -0.2) is 12.6 Å². The van der Waals surface area contributed by atoms with E-state index in [9.17, 15) is 13.2 Å². The zero-order valence-corrected chi connectivity index (χ0v) is 10.8. The maximum absolute atomic E-state index is 12.7. The van der Waals surface area contributed by atoms with Crippen LogP contribution >= 0.6 is 11.6 Å². The van der Waals surface area contributed by atoms with Gasteiger partial charge < -0.3 is 10.1 Å². The minimum atomic E-state index is -4.45. The number of rotatable bonds is 3. The van der Waals surface area contributed by atoms with E-state index in [4.69, 9.17) is 16.3 Å². The SMILES string of the molecule is FC(F)(F)c1cc(NCC2CCC=CO2)ccc1Cl. The zero-order chi connectivity index (χ0) is 13.9. The second-order valence-electron chi connectivity index (χ2n) is 4.28. The van der Waals surface area contributed by atoms with E-state index in [1.807, 2.05) is 6.08 Å². The van der Waals surface area contributed by atoms with Crippen molar-refractivity contribution in [2.45, 2.75) is 25.1 Å². The first-order chi connectivity index (χ1) is 8.97. The Kier molecular flexibility index (Phi) is 4.24. The van der Waals surface area contributed by atoms with Gasteiger partial charge in [0.25, 0.3) is 0 Å². The van der Waals surface area contributed by atoms with Crippen molar-refractivity contribution >= 4 is 17.3 Å². The van der Waals surface area contributed by atoms with E-state index in [2.05, 4.69) is 5.32 Å². The quantitative estimate of drug-likeness (QED) is 0.887. The first-order valence-corrected chi connectivity index (χ1v) is 6.25. The highest BCUT2D eigenvalue weighted by Gasteiger charge is 2.33. The second kappa shape index (κ2) is 5.74. The van der Waals surface area contributed by atoms with Crippen LogP contribution in [0, 0.1) is 0 Å². The lowest BCUT2D eigenvalue weighted by Gasteiger charge is -2.20. The Balaban J connectivity index is 2.03. The Bertz CT molecular complexity index is 473. The van der Waals surface area contributed by atoms with Crippen molar-refractivity contribution in [1.82, 2.24) is 0 Å². The molecule has 2 rings (SSSR count). The molecule has 0 saturated heterocycles. The molecule has 6 heteroatoms. The summed E-state index contributed by atoms with van der Waals surface area (Å²) in [7, 11) is 0. The Morgan fingerprint density at radius 1 is 1.37 bits per heavy atom. The van der Waals surface area contributed by atoms with E-state index in [1.54, 1.807) is 6.26 Å². The van der Waals surface area contributed by atoms with Gasteiger partial charge in [-0.3, -0.25) is 0 Å². The van der Waals surface area contributed by atoms with E-state index in [-0.39, 0.29) is 11.1 Å². The van der Waals surface area contributed by atoms with Gasteiger partial charge in [-0.25, -0.2) is 0 Å². The number of alkyl halides is 3. The number of anilines is 1. The number of benzene rings is 1. The minimum absolute atomic E-state index is 0.0185. The molecule has 1 heterocycles. The standard InChI is InChI=1S/C13H13ClF3NO/c14-12-5-4-9(7-11(12)13(15,16)17)18-8-10-3-1-2-6-19-10/h2,4-7,10,18H,1,3,8H2. The van der Waals surface area contributed by atoms with Crippen LogP contribution in [-0.2, 0) is 10.9 Å². The molecule has 1 aliphatic heterocycles. The summed E-state index contributed by atoms with van der Waals surface area (Å²) in [5, 5.41) is 2.64. The fourth-order valence-electron chi connectivity index (χ4n) is 1.82. The van der Waals surface area contributed by atoms with E-state index in [0.717, 1.165) is 18.9 Å². The van der Waals surface area contributed by atoms with Gasteiger partial charge in [-0.05, 0) is 37.1 Å². The Morgan fingerprint density at radius 3 is 2.79 bits per heavy atom. The van der Waals surface area contributed by atoms with Gasteiger partial charge in [-0.1, -0.05) is 11.6 Å². The molecule has 19 heavy (non-hydrogen) atoms. The van der Waals surface area contributed by atoms with Crippen molar-refractivity contribution in [3.63, 3.8) is 0 Å². The van der Waals surface area contributed by atoms with Crippen LogP contribution < -0.4 is 5.32 Å². The number of ether oxygens (including phenoxy) is 1. The number of halogens is 4. The summed E-state index contributed by atoms with van der Waals surface area (Å²) < 4.78 is 43.4. The molecule has 1 aliphatic rings. The van der Waals surface area contributed by atoms with Crippen molar-refractivity contribution in [1.29, 1.82) is 0 Å². The maximum atomic E-state index is 12.7. The van der Waals surface area contributed by atoms with Crippen LogP contribution in [0.5, 0.6) is 0 Å². The van der Waals surface area contributed by atoms with Crippen molar-refractivity contribution in [3.05, 3.63) is 41.1 Å². The van der Waals surface area contributed by atoms with Crippen LogP contribution in [0.25, 0.3) is 0 Å². The van der Waals surface area contributed by atoms with Gasteiger partial charge in [0, 0.05) is 5.69 Å². The number of nitrogens with one attached hydrogen (secondary N) is 1. The molecule has 0 bridgehead atoms. The highest BCUT2D eigenvalue weighted by atomic mass is 35.5. The molecule has 1 N–H and O–H groups in total. The number of allylic oxidation sites excluding steroid dienone is 1. The highest BCUT2D eigenvalue weighted by Crippen LogP contribution is 2.36. The monoisotopic (exact) mass is 291 g/mol. The van der Waals surface area contributed by atoms with Crippen molar-refractivity contribution in [3.8, 4) is 0 Å². The van der Waals surface area contributed by atoms with Gasteiger partial charge in [0.1, 0.15) is 6.10 Å². The largest absolute Gasteiger partial charge is 0.497 e. The van der Waals surface area contributed by atoms with Crippen LogP contribution in [0.3, 0.4) is 0 Å². The van der Waals surface area contributed by atoms with Crippen molar-refractivity contribution in [2.24, 2.45) is 0 Å². The Morgan fingerprint density at radius 2 is 2.16 bits per heavy atom. The average molecular weight is 292 g/mol. The summed E-state index contributed by atoms with van der Waals surface area (Å²) in [4.78, 5) is 0. The Labute approximate surface area is 114 Å². The lowest BCUT2D eigenvalue weighted by atomic mass is 10.1. The molecule has 0 radical (unpaired) electrons. The predicted molar refractivity (Wildman–Crippen MR) is 68.2 cm³/mol. The van der Waals surface area contributed by atoms with E-state index in [0.29, 0.717) is 12.2 Å². The van der Waals surface area contributed by atoms with Gasteiger partial charge in [-0.15, -0.1) is 0 Å². The summed E-state index contributed by atoms with van der Waals surface area (Å²) in [6.07, 6.45) is 0.845. The lowest BCUT2D eigenvalue weighted by molar-refractivity contribution is -0.137. The summed E-state index contributed by atoms with van der Waals surface area (Å²) in [6, 6.07) is 3.78. The molecule has 2 nitrogen and oxygen atoms in total. The fraction of sp³-hybridized carbons (Fsp3) is 0.385. The van der Waals surface area contributed by atoms with Crippen LogP contribution in [0.4, 0.5) is 18.9 Å². The second-order valence-corrected chi connectivity index (χ2v) is 4.69. The van der Waals surface area contributed by atoms with Crippen molar-refractivity contribution in [2.75, 3.05) is 11.9 Å². The van der Waals surface area contributed by atoms with Gasteiger partial charge in [0.05, 0.1) is 23.4 Å². The molecule has 104 valence electrons. The average Bonchev–Trinajstić information content (AvgIpc) is 2.37. The molecule has 0 spiro atoms. The molecule has 1 atom stereocenters. The van der Waals surface area contributed by atoms with E-state index in [1.165, 1.54) is 12.1 Å². The minimum Gasteiger partial charge on any atom is -0.497 e. The first-order valence-electron chi connectivity index (χ1n) is 5.88. The summed E-state index contributed by atoms with van der Waals surface area (Å²) in [5.74, 6) is 0. The lowest BCUT2D eigenvalue weighted by Crippen LogP contribution is -2.23. The molecular formula is C13H13ClF3NO. The summed E-state index contributed by atoms with van der Waals surface area (Å²) in [6.45, 7) is 0.462. The molecule has 1 aromatic carbocycles. The van der Waals surface area contributed by atoms with Gasteiger partial charge in [0.15, 0.2) is 0 Å². The number of hydrogen-bond acceptors (Lipinski definition) is 2. The van der Waals surface area contributed by atoms with Crippen LogP contribution in [0.1, 0.15) is 18.4 Å². The predicted octanol–water partition coefficient (Wildman–Crippen LogP) is 4.46. The highest BCUT2D eigenvalue weighted by molar-refractivity contribution is 6.31. The van der Waals surface area contributed by atoms with E-state index >= 15 is 0 Å². The zero-order valence-electron chi connectivity index (χ0n) is 10.0. The number of hydrogen-bond donors (Lipinski definition) is 1. The molecule has 0 aromatic heterocycles. The van der Waals surface area contributed by atoms with Crippen LogP contribution in [0.2, 0.25) is 5.02 Å². The fourth-order valence-corrected chi connectivity index (χ4v) is 2.04. The van der Waals surface area contributed by atoms with Crippen LogP contribution in [0.15, 0.2) is 30.5 Å². The third kappa shape index (κ3) is 3.80. The van der Waals surface area contributed by atoms with E-state index < -0.39 is 11.7 Å². The van der Waals surface area contributed by atoms with Gasteiger partial charge in [0.2, 0.25) is 0 Å². The topological polar surface area (TPSA) is 21.3 Å². The normalized spacial score (nSPS) is 19.1. The van der Waals surface area contributed by atoms with Crippen molar-refractivity contribution < 1.29 is 17.9 Å². The molecule has 0 amide bonds. The maximum Gasteiger partial charge on any atom is 0.417 e. The molecule has 0 saturated carbocycles. The first kappa shape index (κ1) is 14.1. The van der Waals surface area contributed by atoms with Gasteiger partial charge >= 0.3 is 6.18 Å². The molecule has 1 unspecified atom stereocenters. The smallest absolute Gasteiger partial charge is 0.417 e. The molecular weight excluding hydrogens is 279 g/mol. The molecule has 0 fully saturated rings. The third-order valence-corrected chi connectivity index (χ3v) is 3.16. The van der Waals surface area contributed by atoms with Gasteiger partial charge in [-0.2, -0.15) is 13.2 Å².